The van der Waals surface area contributed by atoms with Crippen molar-refractivity contribution in [1.82, 2.24) is 14.7 Å². The van der Waals surface area contributed by atoms with Crippen LogP contribution in [0.5, 0.6) is 0 Å². The fourth-order valence-corrected chi connectivity index (χ4v) is 3.99. The molecule has 148 valence electrons. The number of benzene rings is 1. The van der Waals surface area contributed by atoms with Gasteiger partial charge in [0.15, 0.2) is 5.78 Å². The third kappa shape index (κ3) is 3.74. The smallest absolute Gasteiger partial charge is 0.223 e. The van der Waals surface area contributed by atoms with Crippen LogP contribution in [0, 0.1) is 19.8 Å². The molecule has 7 heteroatoms. The molecule has 0 bridgehead atoms. The van der Waals surface area contributed by atoms with Gasteiger partial charge in [0, 0.05) is 38.5 Å². The lowest BCUT2D eigenvalue weighted by atomic mass is 9.87. The maximum atomic E-state index is 13.0. The molecule has 1 aliphatic carbocycles. The third-order valence-corrected chi connectivity index (χ3v) is 5.66. The molecule has 1 amide bonds. The molecule has 1 aromatic heterocycles. The van der Waals surface area contributed by atoms with Gasteiger partial charge in [-0.05, 0) is 49.6 Å². The Labute approximate surface area is 169 Å². The fourth-order valence-electron chi connectivity index (χ4n) is 3.86. The number of carbonyl (C=O) groups is 3. The maximum absolute atomic E-state index is 13.0. The summed E-state index contributed by atoms with van der Waals surface area (Å²) >= 11 is 5.95. The van der Waals surface area contributed by atoms with Crippen molar-refractivity contribution in [2.24, 2.45) is 5.92 Å². The summed E-state index contributed by atoms with van der Waals surface area (Å²) in [5.41, 5.74) is 3.27. The number of amides is 1. The minimum atomic E-state index is -0.792. The van der Waals surface area contributed by atoms with Gasteiger partial charge in [0.25, 0.3) is 0 Å². The Morgan fingerprint density at radius 3 is 2.46 bits per heavy atom. The molecule has 1 aliphatic rings. The van der Waals surface area contributed by atoms with E-state index >= 15 is 0 Å². The number of carbonyl (C=O) groups excluding carboxylic acids is 3. The quantitative estimate of drug-likeness (QED) is 0.721. The first-order valence-electron chi connectivity index (χ1n) is 9.35. The number of hydrogen-bond donors (Lipinski definition) is 0. The van der Waals surface area contributed by atoms with Crippen LogP contribution in [0.15, 0.2) is 24.5 Å². The van der Waals surface area contributed by atoms with E-state index in [0.717, 1.165) is 22.4 Å². The number of halogens is 1. The molecule has 1 aromatic carbocycles. The molecule has 3 rings (SSSR count). The number of aromatic nitrogens is 2. The minimum absolute atomic E-state index is 0.0907. The van der Waals surface area contributed by atoms with Crippen molar-refractivity contribution in [2.75, 3.05) is 13.6 Å². The minimum Gasteiger partial charge on any atom is -0.346 e. The van der Waals surface area contributed by atoms with Crippen molar-refractivity contribution in [3.8, 4) is 5.69 Å². The molecular formula is C21H24ClN3O3. The van der Waals surface area contributed by atoms with Crippen LogP contribution in [0.4, 0.5) is 0 Å². The molecule has 2 atom stereocenters. The summed E-state index contributed by atoms with van der Waals surface area (Å²) < 4.78 is 1.66. The average Bonchev–Trinajstić information content (AvgIpc) is 3.18. The summed E-state index contributed by atoms with van der Waals surface area (Å²) in [4.78, 5) is 39.5. The largest absolute Gasteiger partial charge is 0.346 e. The van der Waals surface area contributed by atoms with Crippen LogP contribution in [0.1, 0.15) is 42.4 Å². The first-order valence-corrected chi connectivity index (χ1v) is 9.72. The van der Waals surface area contributed by atoms with Gasteiger partial charge in [-0.3, -0.25) is 14.4 Å². The second kappa shape index (κ2) is 7.87. The van der Waals surface area contributed by atoms with Crippen molar-refractivity contribution in [3.05, 3.63) is 46.2 Å². The number of aryl methyl sites for hydroxylation is 2. The topological polar surface area (TPSA) is 72.3 Å². The normalized spacial score (nSPS) is 19.3. The second-order valence-corrected chi connectivity index (χ2v) is 7.85. The molecule has 1 fully saturated rings. The summed E-state index contributed by atoms with van der Waals surface area (Å²) in [5.74, 6) is -1.69. The van der Waals surface area contributed by atoms with Gasteiger partial charge in [-0.1, -0.05) is 11.6 Å². The first kappa shape index (κ1) is 20.3. The Hall–Kier alpha value is -2.47. The highest BCUT2D eigenvalue weighted by atomic mass is 35.5. The number of Topliss-reactive ketones (excluding diaryl/α,β-unsaturated/α-hetero) is 2. The van der Waals surface area contributed by atoms with Crippen molar-refractivity contribution in [2.45, 2.75) is 39.5 Å². The molecule has 0 radical (unpaired) electrons. The highest BCUT2D eigenvalue weighted by Gasteiger charge is 2.44. The Kier molecular flexibility index (Phi) is 5.70. The Balaban J connectivity index is 1.89. The Morgan fingerprint density at radius 1 is 1.29 bits per heavy atom. The molecule has 28 heavy (non-hydrogen) atoms. The summed E-state index contributed by atoms with van der Waals surface area (Å²) in [6, 6.07) is 3.80. The van der Waals surface area contributed by atoms with E-state index in [2.05, 4.69) is 5.10 Å². The lowest BCUT2D eigenvalue weighted by molar-refractivity contribution is -0.133. The SMILES string of the molecule is CCN(C)C(=O)CC1CC(=O)C(c2c(C)cc(-n3cc(Cl)cn3)cc2C)C1=O. The molecular weight excluding hydrogens is 378 g/mol. The second-order valence-electron chi connectivity index (χ2n) is 7.41. The molecule has 1 saturated carbocycles. The van der Waals surface area contributed by atoms with E-state index in [9.17, 15) is 14.4 Å². The van der Waals surface area contributed by atoms with Crippen LogP contribution in [0.3, 0.4) is 0 Å². The van der Waals surface area contributed by atoms with E-state index < -0.39 is 11.8 Å². The molecule has 0 aliphatic heterocycles. The van der Waals surface area contributed by atoms with Gasteiger partial charge in [0.2, 0.25) is 5.91 Å². The van der Waals surface area contributed by atoms with Crippen LogP contribution in [-0.4, -0.2) is 45.7 Å². The molecule has 6 nitrogen and oxygen atoms in total. The van der Waals surface area contributed by atoms with E-state index in [4.69, 9.17) is 11.6 Å². The monoisotopic (exact) mass is 401 g/mol. The lowest BCUT2D eigenvalue weighted by Gasteiger charge is -2.18. The number of ketones is 2. The molecule has 0 N–H and O–H groups in total. The zero-order valence-electron chi connectivity index (χ0n) is 16.5. The van der Waals surface area contributed by atoms with Crippen molar-refractivity contribution in [1.29, 1.82) is 0 Å². The zero-order chi connectivity index (χ0) is 20.6. The summed E-state index contributed by atoms with van der Waals surface area (Å²) in [7, 11) is 1.70. The van der Waals surface area contributed by atoms with Crippen LogP contribution in [-0.2, 0) is 14.4 Å². The standard InChI is InChI=1S/C21H24ClN3O3/c1-5-24(4)18(27)9-14-8-17(26)20(21(14)28)19-12(2)6-16(7-13(19)3)25-11-15(22)10-23-25/h6-7,10-11,14,20H,5,8-9H2,1-4H3. The van der Waals surface area contributed by atoms with Gasteiger partial charge in [0.05, 0.1) is 16.9 Å². The first-order chi connectivity index (χ1) is 13.2. The molecule has 2 aromatic rings. The van der Waals surface area contributed by atoms with Gasteiger partial charge in [-0.25, -0.2) is 4.68 Å². The Bertz CT molecular complexity index is 927. The van der Waals surface area contributed by atoms with E-state index in [0.29, 0.717) is 11.6 Å². The van der Waals surface area contributed by atoms with E-state index in [1.165, 1.54) is 0 Å². The molecule has 1 heterocycles. The van der Waals surface area contributed by atoms with Crippen molar-refractivity contribution in [3.63, 3.8) is 0 Å². The van der Waals surface area contributed by atoms with Gasteiger partial charge in [-0.15, -0.1) is 0 Å². The average molecular weight is 402 g/mol. The zero-order valence-corrected chi connectivity index (χ0v) is 17.3. The van der Waals surface area contributed by atoms with Gasteiger partial charge >= 0.3 is 0 Å². The van der Waals surface area contributed by atoms with Crippen molar-refractivity contribution >= 4 is 29.1 Å². The van der Waals surface area contributed by atoms with Crippen LogP contribution in [0.2, 0.25) is 5.02 Å². The van der Waals surface area contributed by atoms with E-state index in [1.807, 2.05) is 32.9 Å². The predicted octanol–water partition coefficient (Wildman–Crippen LogP) is 3.25. The third-order valence-electron chi connectivity index (χ3n) is 5.46. The highest BCUT2D eigenvalue weighted by Crippen LogP contribution is 2.38. The van der Waals surface area contributed by atoms with Gasteiger partial charge in [0.1, 0.15) is 11.7 Å². The van der Waals surface area contributed by atoms with Crippen LogP contribution >= 0.6 is 11.6 Å². The molecule has 2 unspecified atom stereocenters. The van der Waals surface area contributed by atoms with E-state index in [-0.39, 0.29) is 30.3 Å². The van der Waals surface area contributed by atoms with Crippen LogP contribution < -0.4 is 0 Å². The molecule has 0 saturated heterocycles. The maximum Gasteiger partial charge on any atom is 0.223 e. The number of hydrogen-bond acceptors (Lipinski definition) is 4. The predicted molar refractivity (Wildman–Crippen MR) is 107 cm³/mol. The summed E-state index contributed by atoms with van der Waals surface area (Å²) in [6.07, 6.45) is 3.47. The van der Waals surface area contributed by atoms with E-state index in [1.54, 1.807) is 29.0 Å². The summed E-state index contributed by atoms with van der Waals surface area (Å²) in [5, 5.41) is 4.74. The summed E-state index contributed by atoms with van der Waals surface area (Å²) in [6.45, 7) is 6.24. The van der Waals surface area contributed by atoms with Crippen LogP contribution in [0.25, 0.3) is 5.69 Å². The lowest BCUT2D eigenvalue weighted by Crippen LogP contribution is -2.29. The number of rotatable bonds is 5. The Morgan fingerprint density at radius 2 is 1.93 bits per heavy atom. The van der Waals surface area contributed by atoms with Crippen molar-refractivity contribution < 1.29 is 14.4 Å². The highest BCUT2D eigenvalue weighted by molar-refractivity contribution is 6.30. The molecule has 0 spiro atoms. The van der Waals surface area contributed by atoms with Gasteiger partial charge < -0.3 is 4.90 Å². The van der Waals surface area contributed by atoms with Gasteiger partial charge in [-0.2, -0.15) is 5.10 Å². The number of nitrogens with zero attached hydrogens (tertiary/aromatic N) is 3. The fraction of sp³-hybridized carbons (Fsp3) is 0.429.